The second-order valence-corrected chi connectivity index (χ2v) is 5.22. The maximum atomic E-state index is 11.7. The third-order valence-corrected chi connectivity index (χ3v) is 4.52. The predicted octanol–water partition coefficient (Wildman–Crippen LogP) is 0.343. The molecule has 0 saturated heterocycles. The molecule has 0 aromatic carbocycles. The normalized spacial score (nSPS) is 56.3. The highest BCUT2D eigenvalue weighted by Gasteiger charge is 2.55. The van der Waals surface area contributed by atoms with E-state index in [0.29, 0.717) is 36.4 Å². The summed E-state index contributed by atoms with van der Waals surface area (Å²) in [7, 11) is 0. The fraction of sp³-hybridized carbons (Fsp3) is 0.909. The second-order valence-electron chi connectivity index (χ2n) is 5.22. The molecular formula is C11H16O3. The molecule has 0 aromatic heterocycles. The van der Waals surface area contributed by atoms with Crippen molar-refractivity contribution < 1.29 is 15.0 Å². The van der Waals surface area contributed by atoms with Gasteiger partial charge in [0.1, 0.15) is 5.78 Å². The van der Waals surface area contributed by atoms with Crippen LogP contribution in [0.2, 0.25) is 0 Å². The first kappa shape index (κ1) is 8.86. The summed E-state index contributed by atoms with van der Waals surface area (Å²) in [6, 6.07) is 0. The van der Waals surface area contributed by atoms with E-state index in [9.17, 15) is 15.0 Å². The van der Waals surface area contributed by atoms with Crippen LogP contribution in [0, 0.1) is 23.7 Å². The molecule has 0 radical (unpaired) electrons. The molecule has 6 atom stereocenters. The molecule has 4 bridgehead atoms. The van der Waals surface area contributed by atoms with Crippen LogP contribution < -0.4 is 0 Å². The highest BCUT2D eigenvalue weighted by Crippen LogP contribution is 2.55. The zero-order valence-electron chi connectivity index (χ0n) is 8.10. The Hall–Kier alpha value is -0.410. The Labute approximate surface area is 83.1 Å². The summed E-state index contributed by atoms with van der Waals surface area (Å²) in [6.07, 6.45) is 1.91. The van der Waals surface area contributed by atoms with Crippen LogP contribution in [0.3, 0.4) is 0 Å². The van der Waals surface area contributed by atoms with Crippen molar-refractivity contribution in [3.8, 4) is 0 Å². The van der Waals surface area contributed by atoms with Crippen molar-refractivity contribution in [2.45, 2.75) is 37.9 Å². The minimum atomic E-state index is -0.598. The van der Waals surface area contributed by atoms with Gasteiger partial charge in [-0.25, -0.2) is 0 Å². The Morgan fingerprint density at radius 3 is 2.50 bits per heavy atom. The van der Waals surface area contributed by atoms with Gasteiger partial charge >= 0.3 is 0 Å². The zero-order valence-corrected chi connectivity index (χ0v) is 8.10. The van der Waals surface area contributed by atoms with Gasteiger partial charge in [-0.05, 0) is 37.0 Å². The Bertz CT molecular complexity index is 276. The van der Waals surface area contributed by atoms with Crippen LogP contribution in [0.4, 0.5) is 0 Å². The van der Waals surface area contributed by atoms with E-state index in [4.69, 9.17) is 0 Å². The van der Waals surface area contributed by atoms with E-state index in [1.54, 1.807) is 0 Å². The van der Waals surface area contributed by atoms with Crippen LogP contribution in [0.5, 0.6) is 0 Å². The molecule has 3 nitrogen and oxygen atoms in total. The summed E-state index contributed by atoms with van der Waals surface area (Å²) in [5.41, 5.74) is 0. The molecule has 3 aliphatic rings. The number of carbonyl (C=O) groups is 1. The summed E-state index contributed by atoms with van der Waals surface area (Å²) in [6.45, 7) is 0. The monoisotopic (exact) mass is 196 g/mol. The van der Waals surface area contributed by atoms with E-state index < -0.39 is 12.2 Å². The van der Waals surface area contributed by atoms with Crippen LogP contribution >= 0.6 is 0 Å². The standard InChI is InChI=1S/C11H16O3/c12-8-3-6-1-5-2-10(14)11(6)7(5)4-9(8)13/h5-9,11-13H,1-4H2/t5-,6-,7-,8-,9+,11-/m1/s1. The Kier molecular flexibility index (Phi) is 1.77. The van der Waals surface area contributed by atoms with E-state index in [1.165, 1.54) is 0 Å². The van der Waals surface area contributed by atoms with Gasteiger partial charge in [-0.3, -0.25) is 4.79 Å². The van der Waals surface area contributed by atoms with Gasteiger partial charge in [-0.1, -0.05) is 0 Å². The molecule has 3 fully saturated rings. The lowest BCUT2D eigenvalue weighted by molar-refractivity contribution is -0.123. The maximum Gasteiger partial charge on any atom is 0.136 e. The Morgan fingerprint density at radius 2 is 1.71 bits per heavy atom. The highest BCUT2D eigenvalue weighted by atomic mass is 16.3. The third kappa shape index (κ3) is 1.03. The van der Waals surface area contributed by atoms with Gasteiger partial charge in [0.15, 0.2) is 0 Å². The molecule has 14 heavy (non-hydrogen) atoms. The minimum Gasteiger partial charge on any atom is -0.390 e. The third-order valence-electron chi connectivity index (χ3n) is 4.52. The summed E-state index contributed by atoms with van der Waals surface area (Å²) in [5.74, 6) is 1.81. The topological polar surface area (TPSA) is 57.5 Å². The molecule has 3 aliphatic carbocycles. The lowest BCUT2D eigenvalue weighted by Gasteiger charge is -2.24. The number of aliphatic hydroxyl groups is 2. The van der Waals surface area contributed by atoms with Crippen molar-refractivity contribution in [3.05, 3.63) is 0 Å². The molecular weight excluding hydrogens is 180 g/mol. The molecule has 3 saturated carbocycles. The van der Waals surface area contributed by atoms with E-state index in [2.05, 4.69) is 0 Å². The Morgan fingerprint density at radius 1 is 1.00 bits per heavy atom. The largest absolute Gasteiger partial charge is 0.390 e. The van der Waals surface area contributed by atoms with E-state index in [1.807, 2.05) is 0 Å². The quantitative estimate of drug-likeness (QED) is 0.587. The van der Waals surface area contributed by atoms with Crippen molar-refractivity contribution in [2.24, 2.45) is 23.7 Å². The van der Waals surface area contributed by atoms with Gasteiger partial charge in [0.25, 0.3) is 0 Å². The van der Waals surface area contributed by atoms with E-state index in [0.717, 1.165) is 12.8 Å². The lowest BCUT2D eigenvalue weighted by Crippen LogP contribution is -2.30. The van der Waals surface area contributed by atoms with Crippen molar-refractivity contribution in [3.63, 3.8) is 0 Å². The summed E-state index contributed by atoms with van der Waals surface area (Å²) < 4.78 is 0. The number of Topliss-reactive ketones (excluding diaryl/α,β-unsaturated/α-hetero) is 1. The fourth-order valence-corrected chi connectivity index (χ4v) is 3.97. The van der Waals surface area contributed by atoms with Gasteiger partial charge in [0.2, 0.25) is 0 Å². The Balaban J connectivity index is 1.91. The second kappa shape index (κ2) is 2.80. The highest BCUT2D eigenvalue weighted by molar-refractivity contribution is 5.85. The molecule has 0 spiro atoms. The average Bonchev–Trinajstić information content (AvgIpc) is 2.52. The molecule has 3 heteroatoms. The van der Waals surface area contributed by atoms with Crippen molar-refractivity contribution in [1.29, 1.82) is 0 Å². The summed E-state index contributed by atoms with van der Waals surface area (Å²) in [5, 5.41) is 19.3. The zero-order chi connectivity index (χ0) is 9.87. The number of rotatable bonds is 0. The van der Waals surface area contributed by atoms with Crippen LogP contribution in [-0.4, -0.2) is 28.2 Å². The first-order valence-corrected chi connectivity index (χ1v) is 5.55. The van der Waals surface area contributed by atoms with E-state index in [-0.39, 0.29) is 5.92 Å². The van der Waals surface area contributed by atoms with Crippen LogP contribution in [0.25, 0.3) is 0 Å². The molecule has 0 aromatic rings. The van der Waals surface area contributed by atoms with Crippen molar-refractivity contribution >= 4 is 5.78 Å². The van der Waals surface area contributed by atoms with Gasteiger partial charge < -0.3 is 10.2 Å². The molecule has 0 heterocycles. The maximum absolute atomic E-state index is 11.7. The molecule has 0 amide bonds. The number of hydrogen-bond donors (Lipinski definition) is 2. The smallest absolute Gasteiger partial charge is 0.136 e. The molecule has 78 valence electrons. The van der Waals surface area contributed by atoms with Gasteiger partial charge in [0, 0.05) is 12.3 Å². The minimum absolute atomic E-state index is 0.173. The van der Waals surface area contributed by atoms with Crippen LogP contribution in [0.1, 0.15) is 25.7 Å². The van der Waals surface area contributed by atoms with Crippen molar-refractivity contribution in [2.75, 3.05) is 0 Å². The average molecular weight is 196 g/mol. The molecule has 2 N–H and O–H groups in total. The van der Waals surface area contributed by atoms with E-state index >= 15 is 0 Å². The fourth-order valence-electron chi connectivity index (χ4n) is 3.97. The van der Waals surface area contributed by atoms with Gasteiger partial charge in [-0.2, -0.15) is 0 Å². The van der Waals surface area contributed by atoms with Crippen LogP contribution in [0.15, 0.2) is 0 Å². The number of ketones is 1. The van der Waals surface area contributed by atoms with Gasteiger partial charge in [0.05, 0.1) is 12.2 Å². The van der Waals surface area contributed by atoms with Crippen molar-refractivity contribution in [1.82, 2.24) is 0 Å². The number of hydrogen-bond acceptors (Lipinski definition) is 3. The van der Waals surface area contributed by atoms with Crippen LogP contribution in [-0.2, 0) is 4.79 Å². The molecule has 0 aliphatic heterocycles. The van der Waals surface area contributed by atoms with Gasteiger partial charge in [-0.15, -0.1) is 0 Å². The predicted molar refractivity (Wildman–Crippen MR) is 49.4 cm³/mol. The SMILES string of the molecule is O=C1C[C@H]2C[C@@H]3C[C@@H](O)[C@@H](O)C[C@H]2[C@H]13. The lowest BCUT2D eigenvalue weighted by atomic mass is 9.84. The first-order valence-electron chi connectivity index (χ1n) is 5.55. The summed E-state index contributed by atoms with van der Waals surface area (Å²) >= 11 is 0. The number of aliphatic hydroxyl groups excluding tert-OH is 2. The number of carbonyl (C=O) groups excluding carboxylic acids is 1. The molecule has 0 unspecified atom stereocenters. The summed E-state index contributed by atoms with van der Waals surface area (Å²) in [4.78, 5) is 11.7. The molecule has 3 rings (SSSR count). The first-order chi connectivity index (χ1) is 6.66.